The van der Waals surface area contributed by atoms with E-state index >= 15 is 0 Å². The first kappa shape index (κ1) is 15.3. The van der Waals surface area contributed by atoms with Gasteiger partial charge >= 0.3 is 0 Å². The number of hydrogen-bond acceptors (Lipinski definition) is 2. The second-order valence-electron chi connectivity index (χ2n) is 5.99. The highest BCUT2D eigenvalue weighted by Gasteiger charge is 2.40. The third-order valence-electron chi connectivity index (χ3n) is 4.82. The summed E-state index contributed by atoms with van der Waals surface area (Å²) in [5.41, 5.74) is 6.81. The van der Waals surface area contributed by atoms with Gasteiger partial charge in [0, 0.05) is 12.6 Å². The van der Waals surface area contributed by atoms with Gasteiger partial charge in [-0.05, 0) is 36.7 Å². The zero-order valence-corrected chi connectivity index (χ0v) is 12.4. The van der Waals surface area contributed by atoms with E-state index in [0.29, 0.717) is 18.5 Å². The second kappa shape index (κ2) is 6.59. The van der Waals surface area contributed by atoms with E-state index in [0.717, 1.165) is 11.5 Å². The molecule has 3 rings (SSSR count). The molecule has 0 spiro atoms. The fourth-order valence-corrected chi connectivity index (χ4v) is 3.78. The van der Waals surface area contributed by atoms with Gasteiger partial charge in [0.1, 0.15) is 0 Å². The lowest BCUT2D eigenvalue weighted by Gasteiger charge is -2.25. The Morgan fingerprint density at radius 2 is 2.00 bits per heavy atom. The predicted molar refractivity (Wildman–Crippen MR) is 82.9 cm³/mol. The maximum absolute atomic E-state index is 12.4. The van der Waals surface area contributed by atoms with Gasteiger partial charge in [0.15, 0.2) is 0 Å². The number of nitrogens with one attached hydrogen (secondary N) is 1. The molecule has 4 atom stereocenters. The van der Waals surface area contributed by atoms with Crippen molar-refractivity contribution in [1.82, 2.24) is 5.32 Å². The molecule has 1 amide bonds. The predicted octanol–water partition coefficient (Wildman–Crippen LogP) is 2.46. The summed E-state index contributed by atoms with van der Waals surface area (Å²) >= 11 is 0. The Kier molecular flexibility index (Phi) is 5.06. The minimum Gasteiger partial charge on any atom is -0.353 e. The lowest BCUT2D eigenvalue weighted by Crippen LogP contribution is -2.42. The molecule has 1 aromatic carbocycles. The SMILES string of the molecule is Cl.NCC(C(=O)NC1CC2CCC1C2)c1ccccc1. The van der Waals surface area contributed by atoms with Gasteiger partial charge in [0.2, 0.25) is 5.91 Å². The maximum Gasteiger partial charge on any atom is 0.229 e. The molecule has 0 radical (unpaired) electrons. The summed E-state index contributed by atoms with van der Waals surface area (Å²) in [6.45, 7) is 0.372. The summed E-state index contributed by atoms with van der Waals surface area (Å²) in [6, 6.07) is 10.2. The van der Waals surface area contributed by atoms with Crippen LogP contribution in [0.5, 0.6) is 0 Å². The van der Waals surface area contributed by atoms with Crippen LogP contribution in [-0.2, 0) is 4.79 Å². The minimum atomic E-state index is -0.208. The lowest BCUT2D eigenvalue weighted by molar-refractivity contribution is -0.123. The summed E-state index contributed by atoms with van der Waals surface area (Å²) in [7, 11) is 0. The fraction of sp³-hybridized carbons (Fsp3) is 0.562. The van der Waals surface area contributed by atoms with Crippen LogP contribution in [0, 0.1) is 11.8 Å². The van der Waals surface area contributed by atoms with Gasteiger partial charge < -0.3 is 11.1 Å². The Morgan fingerprint density at radius 1 is 1.25 bits per heavy atom. The van der Waals surface area contributed by atoms with E-state index in [1.807, 2.05) is 30.3 Å². The number of nitrogens with two attached hydrogens (primary N) is 1. The van der Waals surface area contributed by atoms with Crippen LogP contribution in [0.2, 0.25) is 0 Å². The van der Waals surface area contributed by atoms with Crippen molar-refractivity contribution in [3.8, 4) is 0 Å². The Hall–Kier alpha value is -1.06. The van der Waals surface area contributed by atoms with Crippen molar-refractivity contribution >= 4 is 18.3 Å². The van der Waals surface area contributed by atoms with Crippen LogP contribution in [0.1, 0.15) is 37.2 Å². The molecular formula is C16H23ClN2O. The number of carbonyl (C=O) groups excluding carboxylic acids is 1. The molecule has 3 N–H and O–H groups in total. The van der Waals surface area contributed by atoms with Crippen LogP contribution in [0.25, 0.3) is 0 Å². The van der Waals surface area contributed by atoms with E-state index in [9.17, 15) is 4.79 Å². The molecule has 4 heteroatoms. The standard InChI is InChI=1S/C16H22N2O.ClH/c17-10-14(12-4-2-1-3-5-12)16(19)18-15-9-11-6-7-13(15)8-11;/h1-5,11,13-15H,6-10,17H2,(H,18,19);1H. The van der Waals surface area contributed by atoms with Crippen LogP contribution >= 0.6 is 12.4 Å². The Morgan fingerprint density at radius 3 is 2.55 bits per heavy atom. The van der Waals surface area contributed by atoms with Crippen molar-refractivity contribution in [2.45, 2.75) is 37.6 Å². The molecule has 3 nitrogen and oxygen atoms in total. The van der Waals surface area contributed by atoms with Crippen LogP contribution in [-0.4, -0.2) is 18.5 Å². The van der Waals surface area contributed by atoms with Crippen molar-refractivity contribution < 1.29 is 4.79 Å². The van der Waals surface area contributed by atoms with Gasteiger partial charge in [0.25, 0.3) is 0 Å². The van der Waals surface area contributed by atoms with E-state index < -0.39 is 0 Å². The van der Waals surface area contributed by atoms with Gasteiger partial charge in [-0.25, -0.2) is 0 Å². The van der Waals surface area contributed by atoms with Crippen molar-refractivity contribution in [3.05, 3.63) is 35.9 Å². The highest BCUT2D eigenvalue weighted by atomic mass is 35.5. The summed E-state index contributed by atoms with van der Waals surface area (Å²) in [4.78, 5) is 12.4. The molecule has 4 unspecified atom stereocenters. The molecular weight excluding hydrogens is 272 g/mol. The average molecular weight is 295 g/mol. The summed E-state index contributed by atoms with van der Waals surface area (Å²) in [5.74, 6) is 1.46. The van der Waals surface area contributed by atoms with Crippen molar-refractivity contribution in [2.75, 3.05) is 6.54 Å². The molecule has 2 aliphatic rings. The molecule has 2 bridgehead atoms. The molecule has 0 saturated heterocycles. The van der Waals surface area contributed by atoms with Crippen molar-refractivity contribution in [2.24, 2.45) is 17.6 Å². The number of hydrogen-bond donors (Lipinski definition) is 2. The molecule has 0 aromatic heterocycles. The van der Waals surface area contributed by atoms with Crippen LogP contribution < -0.4 is 11.1 Å². The summed E-state index contributed by atoms with van der Waals surface area (Å²) in [6.07, 6.45) is 5.12. The molecule has 20 heavy (non-hydrogen) atoms. The monoisotopic (exact) mass is 294 g/mol. The van der Waals surface area contributed by atoms with E-state index in [1.54, 1.807) is 0 Å². The van der Waals surface area contributed by atoms with Crippen LogP contribution in [0.4, 0.5) is 0 Å². The van der Waals surface area contributed by atoms with E-state index in [-0.39, 0.29) is 24.2 Å². The van der Waals surface area contributed by atoms with E-state index in [1.165, 1.54) is 25.7 Å². The maximum atomic E-state index is 12.4. The van der Waals surface area contributed by atoms with Crippen molar-refractivity contribution in [1.29, 1.82) is 0 Å². The molecule has 110 valence electrons. The van der Waals surface area contributed by atoms with Gasteiger partial charge in [0.05, 0.1) is 5.92 Å². The number of halogens is 1. The normalized spacial score (nSPS) is 28.8. The average Bonchev–Trinajstić information content (AvgIpc) is 3.03. The summed E-state index contributed by atoms with van der Waals surface area (Å²) < 4.78 is 0. The lowest BCUT2D eigenvalue weighted by atomic mass is 9.93. The highest BCUT2D eigenvalue weighted by Crippen LogP contribution is 2.44. The van der Waals surface area contributed by atoms with E-state index in [4.69, 9.17) is 5.73 Å². The number of fused-ring (bicyclic) bond motifs is 2. The minimum absolute atomic E-state index is 0. The number of rotatable bonds is 4. The molecule has 0 aliphatic heterocycles. The topological polar surface area (TPSA) is 55.1 Å². The molecule has 2 aliphatic carbocycles. The van der Waals surface area contributed by atoms with Gasteiger partial charge in [-0.2, -0.15) is 0 Å². The molecule has 2 fully saturated rings. The second-order valence-corrected chi connectivity index (χ2v) is 5.99. The molecule has 0 heterocycles. The van der Waals surface area contributed by atoms with Gasteiger partial charge in [-0.15, -0.1) is 12.4 Å². The third-order valence-corrected chi connectivity index (χ3v) is 4.82. The number of benzene rings is 1. The van der Waals surface area contributed by atoms with Crippen LogP contribution in [0.3, 0.4) is 0 Å². The highest BCUT2D eigenvalue weighted by molar-refractivity contribution is 5.85. The zero-order valence-electron chi connectivity index (χ0n) is 11.6. The quantitative estimate of drug-likeness (QED) is 0.896. The third kappa shape index (κ3) is 2.99. The Balaban J connectivity index is 0.00000147. The van der Waals surface area contributed by atoms with Crippen molar-refractivity contribution in [3.63, 3.8) is 0 Å². The number of carbonyl (C=O) groups is 1. The smallest absolute Gasteiger partial charge is 0.229 e. The fourth-order valence-electron chi connectivity index (χ4n) is 3.78. The number of amides is 1. The first-order valence-corrected chi connectivity index (χ1v) is 7.33. The molecule has 1 aromatic rings. The largest absolute Gasteiger partial charge is 0.353 e. The molecule has 2 saturated carbocycles. The van der Waals surface area contributed by atoms with Crippen LogP contribution in [0.15, 0.2) is 30.3 Å². The Bertz CT molecular complexity index is 451. The first-order valence-electron chi connectivity index (χ1n) is 7.33. The summed E-state index contributed by atoms with van der Waals surface area (Å²) in [5, 5.41) is 3.24. The zero-order chi connectivity index (χ0) is 13.2. The Labute approximate surface area is 126 Å². The van der Waals surface area contributed by atoms with Gasteiger partial charge in [-0.1, -0.05) is 36.8 Å². The first-order chi connectivity index (χ1) is 9.28. The van der Waals surface area contributed by atoms with E-state index in [2.05, 4.69) is 5.32 Å². The van der Waals surface area contributed by atoms with Gasteiger partial charge in [-0.3, -0.25) is 4.79 Å².